The molecule has 1 aliphatic heterocycles. The number of rotatable bonds is 3. The smallest absolute Gasteiger partial charge is 0.164 e. The van der Waals surface area contributed by atoms with E-state index in [9.17, 15) is 0 Å². The summed E-state index contributed by atoms with van der Waals surface area (Å²) in [4.78, 5) is 6.97. The molecule has 5 heteroatoms. The van der Waals surface area contributed by atoms with Crippen LogP contribution in [0.15, 0.2) is 53.5 Å². The Bertz CT molecular complexity index is 659. The molecule has 1 saturated heterocycles. The van der Waals surface area contributed by atoms with Crippen LogP contribution in [-0.2, 0) is 6.54 Å². The minimum atomic E-state index is 0.585. The van der Waals surface area contributed by atoms with Crippen molar-refractivity contribution in [2.24, 2.45) is 4.99 Å². The lowest BCUT2D eigenvalue weighted by atomic mass is 10.2. The Morgan fingerprint density at radius 2 is 1.90 bits per heavy atom. The molecule has 1 aliphatic rings. The molecular weight excluding hydrogens is 323 g/mol. The molecule has 0 N–H and O–H groups in total. The summed E-state index contributed by atoms with van der Waals surface area (Å²) in [6, 6.07) is 15.8. The quantitative estimate of drug-likeness (QED) is 0.762. The van der Waals surface area contributed by atoms with E-state index in [1.807, 2.05) is 18.2 Å². The highest BCUT2D eigenvalue weighted by molar-refractivity contribution is 8.14. The van der Waals surface area contributed by atoms with Crippen LogP contribution in [0.1, 0.15) is 5.56 Å². The summed E-state index contributed by atoms with van der Waals surface area (Å²) in [5.74, 6) is 1.05. The van der Waals surface area contributed by atoms with Gasteiger partial charge in [0.05, 0.1) is 10.7 Å². The first-order chi connectivity index (χ1) is 10.2. The number of benzene rings is 2. The summed E-state index contributed by atoms with van der Waals surface area (Å²) in [7, 11) is 0. The van der Waals surface area contributed by atoms with Gasteiger partial charge in [0.25, 0.3) is 0 Å². The number of hydrogen-bond acceptors (Lipinski definition) is 2. The first-order valence-electron chi connectivity index (χ1n) is 6.68. The Labute approximate surface area is 138 Å². The molecule has 108 valence electrons. The van der Waals surface area contributed by atoms with Crippen LogP contribution in [0.4, 0.5) is 5.69 Å². The van der Waals surface area contributed by atoms with E-state index in [1.165, 1.54) is 5.56 Å². The van der Waals surface area contributed by atoms with Gasteiger partial charge in [0.15, 0.2) is 5.17 Å². The van der Waals surface area contributed by atoms with Gasteiger partial charge < -0.3 is 4.90 Å². The predicted molar refractivity (Wildman–Crippen MR) is 92.9 cm³/mol. The van der Waals surface area contributed by atoms with Crippen molar-refractivity contribution in [3.8, 4) is 0 Å². The first-order valence-corrected chi connectivity index (χ1v) is 8.42. The lowest BCUT2D eigenvalue weighted by Gasteiger charge is -2.18. The molecule has 0 aliphatic carbocycles. The molecule has 0 amide bonds. The van der Waals surface area contributed by atoms with E-state index < -0.39 is 0 Å². The van der Waals surface area contributed by atoms with Crippen LogP contribution >= 0.6 is 35.0 Å². The molecule has 0 atom stereocenters. The predicted octanol–water partition coefficient (Wildman–Crippen LogP) is 5.23. The lowest BCUT2D eigenvalue weighted by Crippen LogP contribution is -2.23. The first kappa shape index (κ1) is 14.8. The molecule has 3 rings (SSSR count). The van der Waals surface area contributed by atoms with Crippen molar-refractivity contribution >= 4 is 45.8 Å². The van der Waals surface area contributed by atoms with Crippen LogP contribution in [0.5, 0.6) is 0 Å². The van der Waals surface area contributed by atoms with E-state index in [1.54, 1.807) is 17.8 Å². The molecule has 0 spiro atoms. The molecule has 2 nitrogen and oxygen atoms in total. The van der Waals surface area contributed by atoms with Gasteiger partial charge >= 0.3 is 0 Å². The van der Waals surface area contributed by atoms with Crippen LogP contribution in [-0.4, -0.2) is 22.4 Å². The number of aliphatic imine (C=N–C) groups is 1. The van der Waals surface area contributed by atoms with Crippen molar-refractivity contribution < 1.29 is 0 Å². The topological polar surface area (TPSA) is 15.6 Å². The number of halogens is 2. The van der Waals surface area contributed by atoms with E-state index in [2.05, 4.69) is 29.2 Å². The highest BCUT2D eigenvalue weighted by Crippen LogP contribution is 2.31. The highest BCUT2D eigenvalue weighted by Gasteiger charge is 2.20. The van der Waals surface area contributed by atoms with E-state index in [0.717, 1.165) is 29.7 Å². The summed E-state index contributed by atoms with van der Waals surface area (Å²) in [6.07, 6.45) is 0. The second-order valence-electron chi connectivity index (χ2n) is 4.75. The summed E-state index contributed by atoms with van der Waals surface area (Å²) in [5.41, 5.74) is 2.05. The number of hydrogen-bond donors (Lipinski definition) is 0. The largest absolute Gasteiger partial charge is 0.346 e. The Balaban J connectivity index is 1.81. The second kappa shape index (κ2) is 6.73. The van der Waals surface area contributed by atoms with Crippen LogP contribution < -0.4 is 0 Å². The van der Waals surface area contributed by atoms with Crippen LogP contribution in [0.3, 0.4) is 0 Å². The molecule has 2 aromatic rings. The Kier molecular flexibility index (Phi) is 4.73. The minimum Gasteiger partial charge on any atom is -0.346 e. The molecule has 2 aromatic carbocycles. The molecule has 0 saturated carbocycles. The van der Waals surface area contributed by atoms with E-state index in [-0.39, 0.29) is 0 Å². The molecule has 1 fully saturated rings. The van der Waals surface area contributed by atoms with Gasteiger partial charge in [-0.25, -0.2) is 4.99 Å². The monoisotopic (exact) mass is 336 g/mol. The van der Waals surface area contributed by atoms with Gasteiger partial charge in [0.2, 0.25) is 0 Å². The average Bonchev–Trinajstić information content (AvgIpc) is 2.90. The van der Waals surface area contributed by atoms with Crippen molar-refractivity contribution in [2.75, 3.05) is 12.3 Å². The number of nitrogens with zero attached hydrogens (tertiary/aromatic N) is 2. The lowest BCUT2D eigenvalue weighted by molar-refractivity contribution is 0.457. The third-order valence-electron chi connectivity index (χ3n) is 3.20. The SMILES string of the molecule is Clc1ccc(/N=C2\SCCN2Cc2ccccc2)c(Cl)c1. The molecule has 0 radical (unpaired) electrons. The molecule has 0 aromatic heterocycles. The van der Waals surface area contributed by atoms with Crippen molar-refractivity contribution in [3.05, 3.63) is 64.1 Å². The molecule has 1 heterocycles. The van der Waals surface area contributed by atoms with Crippen LogP contribution in [0.2, 0.25) is 10.0 Å². The van der Waals surface area contributed by atoms with Gasteiger partial charge in [-0.15, -0.1) is 0 Å². The van der Waals surface area contributed by atoms with Gasteiger partial charge in [0, 0.05) is 23.9 Å². The molecular formula is C16H14Cl2N2S. The molecule has 0 unspecified atom stereocenters. The second-order valence-corrected chi connectivity index (χ2v) is 6.65. The zero-order valence-corrected chi connectivity index (χ0v) is 13.6. The van der Waals surface area contributed by atoms with Crippen molar-refractivity contribution in [2.45, 2.75) is 6.54 Å². The summed E-state index contributed by atoms with van der Waals surface area (Å²) >= 11 is 13.9. The fraction of sp³-hybridized carbons (Fsp3) is 0.188. The Morgan fingerprint density at radius 3 is 2.67 bits per heavy atom. The van der Waals surface area contributed by atoms with Gasteiger partial charge in [-0.2, -0.15) is 0 Å². The minimum absolute atomic E-state index is 0.585. The normalized spacial score (nSPS) is 16.7. The molecule has 21 heavy (non-hydrogen) atoms. The van der Waals surface area contributed by atoms with Crippen LogP contribution in [0.25, 0.3) is 0 Å². The number of amidine groups is 1. The zero-order valence-electron chi connectivity index (χ0n) is 11.3. The fourth-order valence-electron chi connectivity index (χ4n) is 2.16. The number of thioether (sulfide) groups is 1. The Morgan fingerprint density at radius 1 is 1.10 bits per heavy atom. The summed E-state index contributed by atoms with van der Waals surface area (Å²) < 4.78 is 0. The van der Waals surface area contributed by atoms with Gasteiger partial charge in [-0.1, -0.05) is 65.3 Å². The maximum absolute atomic E-state index is 6.20. The average molecular weight is 337 g/mol. The standard InChI is InChI=1S/C16H14Cl2N2S/c17-13-6-7-15(14(18)10-13)19-16-20(8-9-21-16)11-12-4-2-1-3-5-12/h1-7,10H,8-9,11H2/b19-16-. The summed E-state index contributed by atoms with van der Waals surface area (Å²) in [6.45, 7) is 1.88. The van der Waals surface area contributed by atoms with Gasteiger partial charge in [0.1, 0.15) is 0 Å². The Hall–Kier alpha value is -1.16. The highest BCUT2D eigenvalue weighted by atomic mass is 35.5. The third kappa shape index (κ3) is 3.73. The van der Waals surface area contributed by atoms with E-state index >= 15 is 0 Å². The third-order valence-corrected chi connectivity index (χ3v) is 4.74. The molecule has 0 bridgehead atoms. The maximum atomic E-state index is 6.20. The van der Waals surface area contributed by atoms with Crippen molar-refractivity contribution in [1.82, 2.24) is 4.90 Å². The van der Waals surface area contributed by atoms with Crippen molar-refractivity contribution in [3.63, 3.8) is 0 Å². The van der Waals surface area contributed by atoms with Crippen LogP contribution in [0, 0.1) is 0 Å². The maximum Gasteiger partial charge on any atom is 0.164 e. The summed E-state index contributed by atoms with van der Waals surface area (Å²) in [5, 5.41) is 2.23. The fourth-order valence-corrected chi connectivity index (χ4v) is 3.61. The van der Waals surface area contributed by atoms with E-state index in [0.29, 0.717) is 10.0 Å². The van der Waals surface area contributed by atoms with Gasteiger partial charge in [-0.3, -0.25) is 0 Å². The zero-order chi connectivity index (χ0) is 14.7. The van der Waals surface area contributed by atoms with Gasteiger partial charge in [-0.05, 0) is 23.8 Å². The van der Waals surface area contributed by atoms with E-state index in [4.69, 9.17) is 28.2 Å². The van der Waals surface area contributed by atoms with Crippen molar-refractivity contribution in [1.29, 1.82) is 0 Å².